The number of piperidine rings is 1. The highest BCUT2D eigenvalue weighted by molar-refractivity contribution is 5.92. The summed E-state index contributed by atoms with van der Waals surface area (Å²) in [5, 5.41) is 0. The smallest absolute Gasteiger partial charge is 0.272 e. The lowest BCUT2D eigenvalue weighted by Crippen LogP contribution is -2.50. The molecule has 4 saturated heterocycles. The zero-order valence-electron chi connectivity index (χ0n) is 14.5. The Labute approximate surface area is 148 Å². The van der Waals surface area contributed by atoms with Crippen molar-refractivity contribution in [2.24, 2.45) is 11.8 Å². The van der Waals surface area contributed by atoms with Crippen molar-refractivity contribution in [1.82, 2.24) is 14.8 Å². The van der Waals surface area contributed by atoms with E-state index in [0.717, 1.165) is 38.8 Å². The lowest BCUT2D eigenvalue weighted by molar-refractivity contribution is -0.142. The minimum atomic E-state index is -0.0159. The second-order valence-electron chi connectivity index (χ2n) is 7.40. The molecule has 0 spiro atoms. The van der Waals surface area contributed by atoms with Gasteiger partial charge in [0, 0.05) is 51.0 Å². The molecule has 2 bridgehead atoms. The molecule has 0 aromatic carbocycles. The first-order valence-corrected chi connectivity index (χ1v) is 9.31. The molecule has 0 radical (unpaired) electrons. The SMILES string of the molecule is O=C(c1ccccn1)N1CC2CCC(C1)N(C(=O)C1CCOCC1)C2. The number of aromatic nitrogens is 1. The van der Waals surface area contributed by atoms with E-state index in [1.807, 2.05) is 17.0 Å². The Kier molecular flexibility index (Phi) is 4.70. The van der Waals surface area contributed by atoms with E-state index in [9.17, 15) is 9.59 Å². The van der Waals surface area contributed by atoms with Crippen LogP contribution in [0, 0.1) is 11.8 Å². The van der Waals surface area contributed by atoms with Crippen LogP contribution in [0.3, 0.4) is 0 Å². The Balaban J connectivity index is 1.48. The Bertz CT molecular complexity index is 630. The molecule has 1 aromatic heterocycles. The van der Waals surface area contributed by atoms with Gasteiger partial charge in [0.25, 0.3) is 5.91 Å². The average molecular weight is 343 g/mol. The molecule has 2 amide bonds. The summed E-state index contributed by atoms with van der Waals surface area (Å²) in [7, 11) is 0. The molecule has 4 fully saturated rings. The first-order chi connectivity index (χ1) is 12.2. The minimum absolute atomic E-state index is 0.0159. The quantitative estimate of drug-likeness (QED) is 0.818. The van der Waals surface area contributed by atoms with Gasteiger partial charge >= 0.3 is 0 Å². The summed E-state index contributed by atoms with van der Waals surface area (Å²) < 4.78 is 5.39. The number of carbonyl (C=O) groups excluding carboxylic acids is 2. The zero-order chi connectivity index (χ0) is 17.2. The lowest BCUT2D eigenvalue weighted by atomic mass is 9.91. The van der Waals surface area contributed by atoms with Gasteiger partial charge in [-0.3, -0.25) is 14.6 Å². The predicted octanol–water partition coefficient (Wildman–Crippen LogP) is 1.57. The van der Waals surface area contributed by atoms with Crippen molar-refractivity contribution in [2.75, 3.05) is 32.8 Å². The second kappa shape index (κ2) is 7.12. The third-order valence-electron chi connectivity index (χ3n) is 5.74. The van der Waals surface area contributed by atoms with Crippen LogP contribution in [0.15, 0.2) is 24.4 Å². The van der Waals surface area contributed by atoms with Crippen molar-refractivity contribution in [3.05, 3.63) is 30.1 Å². The maximum Gasteiger partial charge on any atom is 0.272 e. The van der Waals surface area contributed by atoms with Crippen molar-refractivity contribution in [3.8, 4) is 0 Å². The number of hydrogen-bond donors (Lipinski definition) is 0. The number of hydrogen-bond acceptors (Lipinski definition) is 4. The maximum absolute atomic E-state index is 13.0. The van der Waals surface area contributed by atoms with Gasteiger partial charge in [0.2, 0.25) is 5.91 Å². The fraction of sp³-hybridized carbons (Fsp3) is 0.632. The standard InChI is InChI=1S/C19H25N3O3/c23-18(15-6-9-25-10-7-15)22-12-14-4-5-16(22)13-21(11-14)19(24)17-3-1-2-8-20-17/h1-3,8,14-16H,4-7,9-13H2. The monoisotopic (exact) mass is 343 g/mol. The van der Waals surface area contributed by atoms with Gasteiger partial charge in [-0.1, -0.05) is 6.07 Å². The zero-order valence-corrected chi connectivity index (χ0v) is 14.5. The molecule has 2 atom stereocenters. The number of fused-ring (bicyclic) bond motifs is 4. The summed E-state index contributed by atoms with van der Waals surface area (Å²) in [6.07, 6.45) is 5.38. The van der Waals surface area contributed by atoms with E-state index >= 15 is 0 Å². The molecule has 0 saturated carbocycles. The number of carbonyl (C=O) groups is 2. The van der Waals surface area contributed by atoms with Crippen molar-refractivity contribution >= 4 is 11.8 Å². The van der Waals surface area contributed by atoms with Crippen molar-refractivity contribution in [2.45, 2.75) is 31.7 Å². The van der Waals surface area contributed by atoms with Gasteiger partial charge in [-0.25, -0.2) is 0 Å². The molecule has 4 aliphatic heterocycles. The number of pyridine rings is 1. The van der Waals surface area contributed by atoms with Crippen molar-refractivity contribution in [3.63, 3.8) is 0 Å². The Hall–Kier alpha value is -1.95. The van der Waals surface area contributed by atoms with E-state index in [4.69, 9.17) is 4.74 Å². The second-order valence-corrected chi connectivity index (χ2v) is 7.40. The van der Waals surface area contributed by atoms with Crippen LogP contribution in [0.5, 0.6) is 0 Å². The van der Waals surface area contributed by atoms with E-state index in [2.05, 4.69) is 9.88 Å². The summed E-state index contributed by atoms with van der Waals surface area (Å²) in [5.74, 6) is 0.714. The molecule has 6 heteroatoms. The number of ether oxygens (including phenoxy) is 1. The third-order valence-corrected chi connectivity index (χ3v) is 5.74. The molecule has 4 aliphatic rings. The summed E-state index contributed by atoms with van der Waals surface area (Å²) in [5.41, 5.74) is 0.492. The molecule has 5 rings (SSSR count). The highest BCUT2D eigenvalue weighted by Gasteiger charge is 2.40. The fourth-order valence-corrected chi connectivity index (χ4v) is 4.35. The minimum Gasteiger partial charge on any atom is -0.381 e. The predicted molar refractivity (Wildman–Crippen MR) is 91.9 cm³/mol. The van der Waals surface area contributed by atoms with Gasteiger partial charge in [0.05, 0.1) is 0 Å². The van der Waals surface area contributed by atoms with Crippen LogP contribution in [0.1, 0.15) is 36.2 Å². The number of nitrogens with zero attached hydrogens (tertiary/aromatic N) is 3. The van der Waals surface area contributed by atoms with Crippen LogP contribution < -0.4 is 0 Å². The molecular weight excluding hydrogens is 318 g/mol. The summed E-state index contributed by atoms with van der Waals surface area (Å²) in [6.45, 7) is 3.50. The van der Waals surface area contributed by atoms with Crippen LogP contribution in [0.4, 0.5) is 0 Å². The highest BCUT2D eigenvalue weighted by atomic mass is 16.5. The first-order valence-electron chi connectivity index (χ1n) is 9.31. The molecule has 0 N–H and O–H groups in total. The van der Waals surface area contributed by atoms with Crippen LogP contribution >= 0.6 is 0 Å². The summed E-state index contributed by atoms with van der Waals surface area (Å²) in [4.78, 5) is 34.0. The van der Waals surface area contributed by atoms with Crippen LogP contribution in [0.2, 0.25) is 0 Å². The normalized spacial score (nSPS) is 27.2. The van der Waals surface area contributed by atoms with Gasteiger partial charge in [-0.2, -0.15) is 0 Å². The summed E-state index contributed by atoms with van der Waals surface area (Å²) in [6, 6.07) is 5.56. The van der Waals surface area contributed by atoms with Gasteiger partial charge in [0.15, 0.2) is 0 Å². The van der Waals surface area contributed by atoms with Gasteiger partial charge in [-0.05, 0) is 43.7 Å². The van der Waals surface area contributed by atoms with Crippen LogP contribution in [0.25, 0.3) is 0 Å². The molecule has 2 unspecified atom stereocenters. The van der Waals surface area contributed by atoms with Crippen LogP contribution in [-0.2, 0) is 9.53 Å². The average Bonchev–Trinajstić information content (AvgIpc) is 3.00. The number of amides is 2. The topological polar surface area (TPSA) is 62.7 Å². The van der Waals surface area contributed by atoms with E-state index < -0.39 is 0 Å². The molecule has 1 aromatic rings. The Morgan fingerprint density at radius 1 is 1.04 bits per heavy atom. The van der Waals surface area contributed by atoms with E-state index in [0.29, 0.717) is 31.4 Å². The van der Waals surface area contributed by atoms with Gasteiger partial charge in [0.1, 0.15) is 5.69 Å². The van der Waals surface area contributed by atoms with Crippen LogP contribution in [-0.4, -0.2) is 65.5 Å². The third kappa shape index (κ3) is 3.40. The van der Waals surface area contributed by atoms with Gasteiger partial charge < -0.3 is 14.5 Å². The molecule has 134 valence electrons. The fourth-order valence-electron chi connectivity index (χ4n) is 4.35. The molecule has 25 heavy (non-hydrogen) atoms. The van der Waals surface area contributed by atoms with Gasteiger partial charge in [-0.15, -0.1) is 0 Å². The molecule has 6 nitrogen and oxygen atoms in total. The van der Waals surface area contributed by atoms with E-state index in [1.165, 1.54) is 0 Å². The highest BCUT2D eigenvalue weighted by Crippen LogP contribution is 2.31. The first kappa shape index (κ1) is 16.5. The lowest BCUT2D eigenvalue weighted by Gasteiger charge is -2.38. The molecule has 5 heterocycles. The number of rotatable bonds is 2. The Morgan fingerprint density at radius 3 is 2.64 bits per heavy atom. The van der Waals surface area contributed by atoms with E-state index in [-0.39, 0.29) is 23.8 Å². The van der Waals surface area contributed by atoms with E-state index in [1.54, 1.807) is 12.3 Å². The van der Waals surface area contributed by atoms with Crippen molar-refractivity contribution < 1.29 is 14.3 Å². The maximum atomic E-state index is 13.0. The Morgan fingerprint density at radius 2 is 1.88 bits per heavy atom. The van der Waals surface area contributed by atoms with Crippen molar-refractivity contribution in [1.29, 1.82) is 0 Å². The molecular formula is C19H25N3O3. The largest absolute Gasteiger partial charge is 0.381 e. The summed E-state index contributed by atoms with van der Waals surface area (Å²) >= 11 is 0. The molecule has 0 aliphatic carbocycles.